The second-order valence-electron chi connectivity index (χ2n) is 15.9. The maximum atomic E-state index is 14.3. The zero-order valence-corrected chi connectivity index (χ0v) is 31.9. The van der Waals surface area contributed by atoms with Gasteiger partial charge in [0.2, 0.25) is 5.91 Å². The lowest BCUT2D eigenvalue weighted by atomic mass is 9.84. The molecule has 2 fully saturated rings. The van der Waals surface area contributed by atoms with Crippen LogP contribution in [0.1, 0.15) is 80.1 Å². The number of aromatic amines is 1. The number of alkyl carbamates (subject to hydrolysis) is 1. The van der Waals surface area contributed by atoms with Crippen LogP contribution >= 0.6 is 0 Å². The first kappa shape index (κ1) is 35.7. The maximum absolute atomic E-state index is 14.3. The number of H-pyrrole nitrogens is 1. The average Bonchev–Trinajstić information content (AvgIpc) is 3.79. The Labute approximate surface area is 318 Å². The molecule has 5 aromatic rings. The SMILES string of the molecule is CNc1cc(-c2cc3ccc2CCc2ccc(c(-c4ccc5nc([C@@H]6C[C@@H]7CCCC[C@@H]7N6C(=O)[C@@H](NC(=O)OC)C(C)C)[nH]c5c4)c2)CC3)ccc1N. The molecule has 2 amide bonds. The molecule has 1 saturated heterocycles. The largest absolute Gasteiger partial charge is 0.453 e. The van der Waals surface area contributed by atoms with E-state index in [9.17, 15) is 9.59 Å². The number of fused-ring (bicyclic) bond motifs is 2. The first-order valence-corrected chi connectivity index (χ1v) is 19.7. The van der Waals surface area contributed by atoms with E-state index in [2.05, 4.69) is 87.2 Å². The van der Waals surface area contributed by atoms with Crippen LogP contribution in [0, 0.1) is 11.8 Å². The van der Waals surface area contributed by atoms with Crippen molar-refractivity contribution in [3.8, 4) is 22.3 Å². The number of ether oxygens (including phenoxy) is 1. The lowest BCUT2D eigenvalue weighted by molar-refractivity contribution is -0.138. The molecule has 6 aliphatic rings. The highest BCUT2D eigenvalue weighted by atomic mass is 16.5. The van der Waals surface area contributed by atoms with Crippen molar-refractivity contribution in [2.24, 2.45) is 11.8 Å². The first-order valence-electron chi connectivity index (χ1n) is 19.7. The summed E-state index contributed by atoms with van der Waals surface area (Å²) in [5, 5.41) is 6.07. The Morgan fingerprint density at radius 2 is 1.54 bits per heavy atom. The molecular weight excluding hydrogens is 673 g/mol. The Hall–Kier alpha value is -5.31. The third kappa shape index (κ3) is 6.80. The van der Waals surface area contributed by atoms with E-state index in [0.29, 0.717) is 5.92 Å². The Kier molecular flexibility index (Phi) is 9.81. The number of carbonyl (C=O) groups excluding carboxylic acids is 2. The minimum absolute atomic E-state index is 0.0525. The summed E-state index contributed by atoms with van der Waals surface area (Å²) in [5.41, 5.74) is 20.0. The molecule has 2 heterocycles. The van der Waals surface area contributed by atoms with Gasteiger partial charge in [0, 0.05) is 13.1 Å². The van der Waals surface area contributed by atoms with E-state index in [1.807, 2.05) is 27.0 Å². The molecule has 280 valence electrons. The van der Waals surface area contributed by atoms with Crippen LogP contribution in [-0.4, -0.2) is 53.1 Å². The predicted octanol–water partition coefficient (Wildman–Crippen LogP) is 8.62. The summed E-state index contributed by atoms with van der Waals surface area (Å²) < 4.78 is 4.90. The normalized spacial score (nSPS) is 20.0. The van der Waals surface area contributed by atoms with Crippen LogP contribution in [0.15, 0.2) is 72.8 Å². The van der Waals surface area contributed by atoms with Gasteiger partial charge in [0.1, 0.15) is 11.9 Å². The van der Waals surface area contributed by atoms with Crippen molar-refractivity contribution in [1.82, 2.24) is 20.2 Å². The Morgan fingerprint density at radius 3 is 2.20 bits per heavy atom. The number of nitrogens with zero attached hydrogens (tertiary/aromatic N) is 2. The fraction of sp³-hybridized carbons (Fsp3) is 0.400. The van der Waals surface area contributed by atoms with E-state index >= 15 is 0 Å². The van der Waals surface area contributed by atoms with Gasteiger partial charge in [-0.15, -0.1) is 0 Å². The minimum Gasteiger partial charge on any atom is -0.453 e. The molecule has 4 bridgehead atoms. The number of benzene rings is 4. The van der Waals surface area contributed by atoms with Gasteiger partial charge in [-0.3, -0.25) is 4.79 Å². The third-order valence-electron chi connectivity index (χ3n) is 12.2. The van der Waals surface area contributed by atoms with Gasteiger partial charge in [-0.25, -0.2) is 9.78 Å². The Bertz CT molecular complexity index is 2210. The molecule has 5 N–H and O–H groups in total. The van der Waals surface area contributed by atoms with E-state index in [1.165, 1.54) is 52.5 Å². The molecule has 0 unspecified atom stereocenters. The molecular formula is C45H52N6O3. The molecule has 11 rings (SSSR count). The average molecular weight is 725 g/mol. The summed E-state index contributed by atoms with van der Waals surface area (Å²) in [4.78, 5) is 37.5. The zero-order chi connectivity index (χ0) is 37.5. The number of nitrogens with one attached hydrogen (secondary N) is 3. The van der Waals surface area contributed by atoms with Crippen molar-refractivity contribution in [2.45, 2.75) is 89.8 Å². The number of amides is 2. The molecule has 4 aromatic carbocycles. The van der Waals surface area contributed by atoms with Crippen molar-refractivity contribution >= 4 is 34.4 Å². The van der Waals surface area contributed by atoms with E-state index in [0.717, 1.165) is 85.2 Å². The summed E-state index contributed by atoms with van der Waals surface area (Å²) >= 11 is 0. The standard InChI is InChI=1S/C45H52N6O3/c1-26(2)42(50-45(53)54-4)44(52)51-40-8-6-5-7-33(40)25-41(51)43-48-37-20-18-32(24-39(37)49-43)35-22-28-10-14-29-13-9-27(11-15-30(35)16-12-28)21-34(29)31-17-19-36(46)38(23-31)47-3/h9,12-13,16-24,26,33,40-42,47H,5-8,10-11,14-15,25,46H2,1-4H3,(H,48,49)(H,50,53)/t33-,40-,41-,42-/m0/s1. The maximum Gasteiger partial charge on any atom is 0.407 e. The summed E-state index contributed by atoms with van der Waals surface area (Å²) in [6.07, 6.45) is 8.37. The van der Waals surface area contributed by atoms with E-state index in [4.69, 9.17) is 15.5 Å². The van der Waals surface area contributed by atoms with Gasteiger partial charge in [0.25, 0.3) is 0 Å². The molecule has 1 aromatic heterocycles. The molecule has 0 spiro atoms. The second kappa shape index (κ2) is 14.8. The molecule has 1 aliphatic heterocycles. The number of carbonyl (C=O) groups is 2. The van der Waals surface area contributed by atoms with Crippen molar-refractivity contribution in [1.29, 1.82) is 0 Å². The highest BCUT2D eigenvalue weighted by Crippen LogP contribution is 2.46. The van der Waals surface area contributed by atoms with Crippen LogP contribution in [0.5, 0.6) is 0 Å². The summed E-state index contributed by atoms with van der Waals surface area (Å²) in [6, 6.07) is 26.1. The monoisotopic (exact) mass is 724 g/mol. The van der Waals surface area contributed by atoms with Gasteiger partial charge in [0.15, 0.2) is 0 Å². The van der Waals surface area contributed by atoms with E-state index < -0.39 is 12.1 Å². The summed E-state index contributed by atoms with van der Waals surface area (Å²) in [7, 11) is 3.25. The van der Waals surface area contributed by atoms with Crippen LogP contribution < -0.4 is 16.4 Å². The fourth-order valence-electron chi connectivity index (χ4n) is 9.27. The number of aryl methyl sites for hydroxylation is 4. The second-order valence-corrected chi connectivity index (χ2v) is 15.9. The van der Waals surface area contributed by atoms with Crippen molar-refractivity contribution < 1.29 is 14.3 Å². The van der Waals surface area contributed by atoms with Crippen molar-refractivity contribution in [3.63, 3.8) is 0 Å². The Morgan fingerprint density at radius 1 is 0.870 bits per heavy atom. The number of rotatable bonds is 7. The van der Waals surface area contributed by atoms with Gasteiger partial charge in [0.05, 0.1) is 35.6 Å². The molecule has 4 atom stereocenters. The molecule has 0 radical (unpaired) electrons. The number of methoxy groups -OCH3 is 1. The van der Waals surface area contributed by atoms with Crippen LogP contribution in [0.4, 0.5) is 16.2 Å². The summed E-state index contributed by atoms with van der Waals surface area (Å²) in [6.45, 7) is 3.93. The number of nitrogen functional groups attached to an aromatic ring is 1. The first-order chi connectivity index (χ1) is 26.2. The highest BCUT2D eigenvalue weighted by Gasteiger charge is 2.48. The number of anilines is 2. The number of hydrogen-bond donors (Lipinski definition) is 4. The quantitative estimate of drug-likeness (QED) is 0.125. The molecule has 9 heteroatoms. The van der Waals surface area contributed by atoms with E-state index in [-0.39, 0.29) is 23.9 Å². The molecule has 54 heavy (non-hydrogen) atoms. The highest BCUT2D eigenvalue weighted by molar-refractivity contribution is 5.87. The molecule has 1 saturated carbocycles. The van der Waals surface area contributed by atoms with Gasteiger partial charge in [-0.1, -0.05) is 75.2 Å². The van der Waals surface area contributed by atoms with Crippen molar-refractivity contribution in [3.05, 3.63) is 101 Å². The smallest absolute Gasteiger partial charge is 0.407 e. The van der Waals surface area contributed by atoms with Gasteiger partial charge < -0.3 is 31.0 Å². The van der Waals surface area contributed by atoms with E-state index in [1.54, 1.807) is 0 Å². The summed E-state index contributed by atoms with van der Waals surface area (Å²) in [5.74, 6) is 1.10. The number of imidazole rings is 1. The van der Waals surface area contributed by atoms with Crippen LogP contribution in [0.25, 0.3) is 33.3 Å². The number of likely N-dealkylation sites (tertiary alicyclic amines) is 1. The van der Waals surface area contributed by atoms with Gasteiger partial charge in [-0.05, 0) is 126 Å². The number of nitrogens with two attached hydrogens (primary N) is 1. The van der Waals surface area contributed by atoms with Gasteiger partial charge in [-0.2, -0.15) is 0 Å². The predicted molar refractivity (Wildman–Crippen MR) is 216 cm³/mol. The number of hydrogen-bond acceptors (Lipinski definition) is 6. The zero-order valence-electron chi connectivity index (χ0n) is 31.9. The lowest BCUT2D eigenvalue weighted by Crippen LogP contribution is -2.53. The van der Waals surface area contributed by atoms with Crippen molar-refractivity contribution in [2.75, 3.05) is 25.2 Å². The van der Waals surface area contributed by atoms with Crippen LogP contribution in [-0.2, 0) is 35.2 Å². The topological polar surface area (TPSA) is 125 Å². The van der Waals surface area contributed by atoms with Crippen LogP contribution in [0.3, 0.4) is 0 Å². The molecule has 5 aliphatic carbocycles. The molecule has 9 nitrogen and oxygen atoms in total. The lowest BCUT2D eigenvalue weighted by Gasteiger charge is -2.36. The number of aromatic nitrogens is 2. The Balaban J connectivity index is 1.10. The van der Waals surface area contributed by atoms with Gasteiger partial charge >= 0.3 is 6.09 Å². The van der Waals surface area contributed by atoms with Crippen LogP contribution in [0.2, 0.25) is 0 Å². The minimum atomic E-state index is -0.670. The fourth-order valence-corrected chi connectivity index (χ4v) is 9.27. The third-order valence-corrected chi connectivity index (χ3v) is 12.2.